The summed E-state index contributed by atoms with van der Waals surface area (Å²) in [6, 6.07) is 9.34. The zero-order valence-electron chi connectivity index (χ0n) is 12.6. The van der Waals surface area contributed by atoms with Crippen LogP contribution in [0.4, 0.5) is 13.2 Å². The summed E-state index contributed by atoms with van der Waals surface area (Å²) >= 11 is 3.16. The van der Waals surface area contributed by atoms with Gasteiger partial charge in [0.2, 0.25) is 0 Å². The maximum atomic E-state index is 12.7. The monoisotopic (exact) mass is 422 g/mol. The van der Waals surface area contributed by atoms with Gasteiger partial charge in [-0.2, -0.15) is 21.6 Å². The van der Waals surface area contributed by atoms with E-state index in [1.807, 2.05) is 6.92 Å². The Bertz CT molecular complexity index is 815. The smallest absolute Gasteiger partial charge is 0.266 e. The van der Waals surface area contributed by atoms with E-state index in [0.717, 1.165) is 17.7 Å². The molecule has 0 aromatic heterocycles. The average Bonchev–Trinajstić information content (AvgIpc) is 2.48. The summed E-state index contributed by atoms with van der Waals surface area (Å²) in [6.07, 6.45) is -4.43. The van der Waals surface area contributed by atoms with Crippen molar-refractivity contribution in [2.75, 3.05) is 6.61 Å². The van der Waals surface area contributed by atoms with Crippen LogP contribution in [0.1, 0.15) is 16.7 Å². The van der Waals surface area contributed by atoms with Crippen molar-refractivity contribution in [3.63, 3.8) is 0 Å². The maximum Gasteiger partial charge on any atom is 0.416 e. The van der Waals surface area contributed by atoms with E-state index in [-0.39, 0.29) is 17.9 Å². The molecule has 0 bridgehead atoms. The van der Waals surface area contributed by atoms with Crippen molar-refractivity contribution in [2.45, 2.75) is 24.4 Å². The molecule has 0 spiro atoms. The number of hydrogen-bond acceptors (Lipinski definition) is 3. The molecule has 0 N–H and O–H groups in total. The number of alkyl halides is 3. The van der Waals surface area contributed by atoms with Gasteiger partial charge in [-0.1, -0.05) is 33.6 Å². The Labute approximate surface area is 146 Å². The minimum Gasteiger partial charge on any atom is -0.266 e. The van der Waals surface area contributed by atoms with Crippen LogP contribution >= 0.6 is 15.9 Å². The molecule has 8 heteroatoms. The van der Waals surface area contributed by atoms with E-state index in [4.69, 9.17) is 4.18 Å². The van der Waals surface area contributed by atoms with Crippen LogP contribution in [-0.2, 0) is 26.9 Å². The van der Waals surface area contributed by atoms with Crippen molar-refractivity contribution in [1.29, 1.82) is 0 Å². The summed E-state index contributed by atoms with van der Waals surface area (Å²) in [5.74, 6) is 0. The van der Waals surface area contributed by atoms with E-state index in [0.29, 0.717) is 10.0 Å². The van der Waals surface area contributed by atoms with Crippen LogP contribution < -0.4 is 0 Å². The molecule has 0 saturated heterocycles. The van der Waals surface area contributed by atoms with Crippen LogP contribution in [0, 0.1) is 6.92 Å². The number of hydrogen-bond donors (Lipinski definition) is 0. The molecular weight excluding hydrogens is 409 g/mol. The van der Waals surface area contributed by atoms with Crippen LogP contribution in [0.3, 0.4) is 0 Å². The third-order valence-electron chi connectivity index (χ3n) is 3.29. The minimum absolute atomic E-state index is 0.0104. The van der Waals surface area contributed by atoms with Crippen molar-refractivity contribution in [3.8, 4) is 0 Å². The Morgan fingerprint density at radius 3 is 2.29 bits per heavy atom. The Morgan fingerprint density at radius 2 is 1.71 bits per heavy atom. The SMILES string of the molecule is Cc1ccc(S(=O)(=O)OCCc2cc(C(F)(F)F)ccc2Br)cc1. The lowest BCUT2D eigenvalue weighted by Crippen LogP contribution is -2.10. The third-order valence-corrected chi connectivity index (χ3v) is 5.39. The van der Waals surface area contributed by atoms with E-state index in [1.165, 1.54) is 18.2 Å². The van der Waals surface area contributed by atoms with Crippen LogP contribution in [0.15, 0.2) is 51.8 Å². The quantitative estimate of drug-likeness (QED) is 0.654. The molecule has 3 nitrogen and oxygen atoms in total. The van der Waals surface area contributed by atoms with Gasteiger partial charge in [0.15, 0.2) is 0 Å². The molecule has 0 aliphatic heterocycles. The van der Waals surface area contributed by atoms with Gasteiger partial charge in [0.25, 0.3) is 10.1 Å². The van der Waals surface area contributed by atoms with Crippen molar-refractivity contribution < 1.29 is 25.8 Å². The van der Waals surface area contributed by atoms with Crippen LogP contribution in [0.5, 0.6) is 0 Å². The fourth-order valence-electron chi connectivity index (χ4n) is 1.98. The maximum absolute atomic E-state index is 12.7. The van der Waals surface area contributed by atoms with Crippen molar-refractivity contribution in [2.24, 2.45) is 0 Å². The van der Waals surface area contributed by atoms with E-state index >= 15 is 0 Å². The van der Waals surface area contributed by atoms with E-state index in [1.54, 1.807) is 12.1 Å². The molecule has 2 rings (SSSR count). The molecule has 2 aromatic carbocycles. The number of aryl methyl sites for hydroxylation is 1. The Morgan fingerprint density at radius 1 is 1.08 bits per heavy atom. The normalized spacial score (nSPS) is 12.4. The second-order valence-electron chi connectivity index (χ2n) is 5.14. The second-order valence-corrected chi connectivity index (χ2v) is 7.61. The summed E-state index contributed by atoms with van der Waals surface area (Å²) in [4.78, 5) is 0.0104. The zero-order chi connectivity index (χ0) is 18.0. The lowest BCUT2D eigenvalue weighted by atomic mass is 10.1. The summed E-state index contributed by atoms with van der Waals surface area (Å²) in [5, 5.41) is 0. The Hall–Kier alpha value is -1.38. The van der Waals surface area contributed by atoms with E-state index in [9.17, 15) is 21.6 Å². The molecular formula is C16H14BrF3O3S. The first-order valence-corrected chi connectivity index (χ1v) is 9.11. The summed E-state index contributed by atoms with van der Waals surface area (Å²) in [5.41, 5.74) is 0.438. The predicted molar refractivity (Wildman–Crippen MR) is 87.2 cm³/mol. The number of rotatable bonds is 5. The highest BCUT2D eigenvalue weighted by Gasteiger charge is 2.30. The molecule has 0 aliphatic rings. The highest BCUT2D eigenvalue weighted by Crippen LogP contribution is 2.32. The van der Waals surface area contributed by atoms with Gasteiger partial charge in [-0.3, -0.25) is 4.18 Å². The van der Waals surface area contributed by atoms with Crippen molar-refractivity contribution in [3.05, 3.63) is 63.6 Å². The van der Waals surface area contributed by atoms with Gasteiger partial charge >= 0.3 is 6.18 Å². The van der Waals surface area contributed by atoms with Crippen LogP contribution in [0.2, 0.25) is 0 Å². The van der Waals surface area contributed by atoms with Gasteiger partial charge in [0.05, 0.1) is 17.1 Å². The van der Waals surface area contributed by atoms with Crippen LogP contribution in [-0.4, -0.2) is 15.0 Å². The van der Waals surface area contributed by atoms with Gasteiger partial charge in [-0.25, -0.2) is 0 Å². The summed E-state index contributed by atoms with van der Waals surface area (Å²) in [7, 11) is -3.94. The molecule has 0 unspecified atom stereocenters. The van der Waals surface area contributed by atoms with Gasteiger partial charge in [-0.15, -0.1) is 0 Å². The van der Waals surface area contributed by atoms with E-state index in [2.05, 4.69) is 15.9 Å². The first kappa shape index (κ1) is 19.0. The number of halogens is 4. The molecule has 0 saturated carbocycles. The molecule has 0 atom stereocenters. The third kappa shape index (κ3) is 4.81. The first-order valence-electron chi connectivity index (χ1n) is 6.91. The van der Waals surface area contributed by atoms with Gasteiger partial charge in [-0.05, 0) is 49.2 Å². The minimum atomic E-state index is -4.45. The lowest BCUT2D eigenvalue weighted by molar-refractivity contribution is -0.137. The fraction of sp³-hybridized carbons (Fsp3) is 0.250. The van der Waals surface area contributed by atoms with Gasteiger partial charge < -0.3 is 0 Å². The second kappa shape index (κ2) is 7.25. The van der Waals surface area contributed by atoms with Gasteiger partial charge in [0, 0.05) is 4.47 Å². The molecule has 0 heterocycles. The highest BCUT2D eigenvalue weighted by atomic mass is 79.9. The largest absolute Gasteiger partial charge is 0.416 e. The molecule has 0 aliphatic carbocycles. The molecule has 130 valence electrons. The molecule has 2 aromatic rings. The molecule has 24 heavy (non-hydrogen) atoms. The summed E-state index contributed by atoms with van der Waals surface area (Å²) < 4.78 is 67.6. The zero-order valence-corrected chi connectivity index (χ0v) is 15.0. The van der Waals surface area contributed by atoms with Crippen molar-refractivity contribution >= 4 is 26.0 Å². The molecule has 0 radical (unpaired) electrons. The average molecular weight is 423 g/mol. The Balaban J connectivity index is 2.07. The summed E-state index contributed by atoms with van der Waals surface area (Å²) in [6.45, 7) is 1.57. The van der Waals surface area contributed by atoms with Gasteiger partial charge in [0.1, 0.15) is 0 Å². The van der Waals surface area contributed by atoms with Crippen molar-refractivity contribution in [1.82, 2.24) is 0 Å². The lowest BCUT2D eigenvalue weighted by Gasteiger charge is -2.11. The fourth-order valence-corrected chi connectivity index (χ4v) is 3.33. The topological polar surface area (TPSA) is 43.4 Å². The number of benzene rings is 2. The standard InChI is InChI=1S/C16H14BrF3O3S/c1-11-2-5-14(6-3-11)24(21,22)23-9-8-12-10-13(16(18,19)20)4-7-15(12)17/h2-7,10H,8-9H2,1H3. The predicted octanol–water partition coefficient (Wildman–Crippen LogP) is 4.72. The molecule has 0 fully saturated rings. The Kier molecular flexibility index (Phi) is 5.72. The van der Waals surface area contributed by atoms with Crippen LogP contribution in [0.25, 0.3) is 0 Å². The van der Waals surface area contributed by atoms with E-state index < -0.39 is 21.9 Å². The molecule has 0 amide bonds. The first-order chi connectivity index (χ1) is 11.1. The highest BCUT2D eigenvalue weighted by molar-refractivity contribution is 9.10.